The van der Waals surface area contributed by atoms with Crippen molar-refractivity contribution in [1.29, 1.82) is 0 Å². The van der Waals surface area contributed by atoms with E-state index in [0.29, 0.717) is 18.3 Å². The number of hydrogen-bond donors (Lipinski definition) is 1. The maximum atomic E-state index is 5.79. The molecular weight excluding hydrogens is 294 g/mol. The predicted octanol–water partition coefficient (Wildman–Crippen LogP) is 2.21. The van der Waals surface area contributed by atoms with Crippen LogP contribution < -0.4 is 5.73 Å². The van der Waals surface area contributed by atoms with Gasteiger partial charge in [0.1, 0.15) is 0 Å². The highest BCUT2D eigenvalue weighted by molar-refractivity contribution is 9.11. The van der Waals surface area contributed by atoms with Crippen LogP contribution in [0.3, 0.4) is 0 Å². The molecular formula is C9H10BrN3O2S. The van der Waals surface area contributed by atoms with Gasteiger partial charge in [-0.05, 0) is 28.1 Å². The lowest BCUT2D eigenvalue weighted by Gasteiger charge is -2.02. The molecule has 0 amide bonds. The van der Waals surface area contributed by atoms with Gasteiger partial charge in [-0.1, -0.05) is 5.16 Å². The van der Waals surface area contributed by atoms with Gasteiger partial charge < -0.3 is 15.0 Å². The summed E-state index contributed by atoms with van der Waals surface area (Å²) in [5.74, 6) is 0.943. The van der Waals surface area contributed by atoms with Crippen LogP contribution in [0.5, 0.6) is 0 Å². The second-order valence-electron chi connectivity index (χ2n) is 3.12. The summed E-state index contributed by atoms with van der Waals surface area (Å²) >= 11 is 4.90. The molecule has 0 aromatic carbocycles. The predicted molar refractivity (Wildman–Crippen MR) is 64.1 cm³/mol. The third-order valence-corrected chi connectivity index (χ3v) is 3.52. The molecule has 0 aliphatic rings. The van der Waals surface area contributed by atoms with E-state index < -0.39 is 0 Å². The van der Waals surface area contributed by atoms with Crippen molar-refractivity contribution in [3.63, 3.8) is 0 Å². The zero-order chi connectivity index (χ0) is 11.5. The topological polar surface area (TPSA) is 74.2 Å². The van der Waals surface area contributed by atoms with Crippen molar-refractivity contribution >= 4 is 27.3 Å². The van der Waals surface area contributed by atoms with Crippen LogP contribution in [0.1, 0.15) is 11.9 Å². The summed E-state index contributed by atoms with van der Waals surface area (Å²) in [7, 11) is 1.58. The van der Waals surface area contributed by atoms with Gasteiger partial charge in [0.25, 0.3) is 5.89 Å². The molecule has 0 saturated carbocycles. The maximum absolute atomic E-state index is 5.79. The van der Waals surface area contributed by atoms with Gasteiger partial charge in [0.15, 0.2) is 5.82 Å². The molecule has 1 atom stereocenters. The average Bonchev–Trinajstić information content (AvgIpc) is 2.85. The van der Waals surface area contributed by atoms with E-state index in [4.69, 9.17) is 15.0 Å². The number of rotatable bonds is 4. The average molecular weight is 304 g/mol. The summed E-state index contributed by atoms with van der Waals surface area (Å²) in [6.45, 7) is 0.368. The van der Waals surface area contributed by atoms with Crippen LogP contribution >= 0.6 is 27.3 Å². The van der Waals surface area contributed by atoms with Crippen LogP contribution in [0.4, 0.5) is 0 Å². The van der Waals surface area contributed by atoms with E-state index in [0.717, 1.165) is 8.66 Å². The minimum absolute atomic E-state index is 0.356. The van der Waals surface area contributed by atoms with E-state index in [1.807, 2.05) is 12.1 Å². The zero-order valence-electron chi connectivity index (χ0n) is 8.51. The van der Waals surface area contributed by atoms with Crippen LogP contribution in [0.25, 0.3) is 10.8 Å². The Bertz CT molecular complexity index is 471. The van der Waals surface area contributed by atoms with Crippen molar-refractivity contribution < 1.29 is 9.26 Å². The summed E-state index contributed by atoms with van der Waals surface area (Å²) < 4.78 is 11.1. The molecule has 2 aromatic rings. The normalized spacial score (nSPS) is 12.9. The molecule has 16 heavy (non-hydrogen) atoms. The number of methoxy groups -OCH3 is 1. The second kappa shape index (κ2) is 5.05. The Morgan fingerprint density at radius 3 is 3.06 bits per heavy atom. The van der Waals surface area contributed by atoms with Gasteiger partial charge in [0, 0.05) is 7.11 Å². The molecule has 2 N–H and O–H groups in total. The van der Waals surface area contributed by atoms with Crippen molar-refractivity contribution in [3.05, 3.63) is 21.7 Å². The highest BCUT2D eigenvalue weighted by Gasteiger charge is 2.15. The summed E-state index contributed by atoms with van der Waals surface area (Å²) in [4.78, 5) is 5.13. The molecule has 0 bridgehead atoms. The first-order chi connectivity index (χ1) is 7.70. The Balaban J connectivity index is 2.19. The number of thiophene rings is 1. The van der Waals surface area contributed by atoms with Crippen molar-refractivity contribution in [2.45, 2.75) is 6.04 Å². The summed E-state index contributed by atoms with van der Waals surface area (Å²) in [6, 6.07) is 3.48. The van der Waals surface area contributed by atoms with E-state index >= 15 is 0 Å². The molecule has 1 unspecified atom stereocenters. The molecule has 2 rings (SSSR count). The van der Waals surface area contributed by atoms with E-state index in [2.05, 4.69) is 26.1 Å². The van der Waals surface area contributed by atoms with Crippen LogP contribution in [-0.2, 0) is 4.74 Å². The molecule has 0 saturated heterocycles. The molecule has 0 aliphatic heterocycles. The van der Waals surface area contributed by atoms with Crippen LogP contribution in [0.2, 0.25) is 0 Å². The number of hydrogen-bond acceptors (Lipinski definition) is 6. The first-order valence-corrected chi connectivity index (χ1v) is 6.15. The fourth-order valence-electron chi connectivity index (χ4n) is 1.17. The molecule has 0 aliphatic carbocycles. The van der Waals surface area contributed by atoms with E-state index in [1.165, 1.54) is 11.3 Å². The van der Waals surface area contributed by atoms with Crippen molar-refractivity contribution in [3.8, 4) is 10.8 Å². The molecule has 0 spiro atoms. The molecule has 0 radical (unpaired) electrons. The Morgan fingerprint density at radius 1 is 1.62 bits per heavy atom. The Labute approximate surface area is 105 Å². The lowest BCUT2D eigenvalue weighted by Crippen LogP contribution is -2.17. The van der Waals surface area contributed by atoms with Gasteiger partial charge in [0.2, 0.25) is 0 Å². The molecule has 86 valence electrons. The Morgan fingerprint density at radius 2 is 2.44 bits per heavy atom. The van der Waals surface area contributed by atoms with Crippen LogP contribution in [0.15, 0.2) is 20.4 Å². The Hall–Kier alpha value is -0.760. The molecule has 2 aromatic heterocycles. The van der Waals surface area contributed by atoms with Gasteiger partial charge in [-0.15, -0.1) is 11.3 Å². The number of halogens is 1. The molecule has 7 heteroatoms. The fourth-order valence-corrected chi connectivity index (χ4v) is 2.48. The summed E-state index contributed by atoms with van der Waals surface area (Å²) in [5, 5.41) is 3.82. The number of nitrogens with zero attached hydrogens (tertiary/aromatic N) is 2. The minimum atomic E-state index is -0.356. The number of ether oxygens (including phenoxy) is 1. The third-order valence-electron chi connectivity index (χ3n) is 1.90. The van der Waals surface area contributed by atoms with Crippen molar-refractivity contribution in [2.24, 2.45) is 5.73 Å². The van der Waals surface area contributed by atoms with E-state index in [-0.39, 0.29) is 6.04 Å². The second-order valence-corrected chi connectivity index (χ2v) is 5.59. The molecule has 5 nitrogen and oxygen atoms in total. The van der Waals surface area contributed by atoms with Gasteiger partial charge in [0.05, 0.1) is 21.3 Å². The number of aromatic nitrogens is 2. The van der Waals surface area contributed by atoms with E-state index in [1.54, 1.807) is 7.11 Å². The number of nitrogens with two attached hydrogens (primary N) is 1. The largest absolute Gasteiger partial charge is 0.383 e. The fraction of sp³-hybridized carbons (Fsp3) is 0.333. The van der Waals surface area contributed by atoms with Crippen LogP contribution in [-0.4, -0.2) is 23.9 Å². The molecule has 0 fully saturated rings. The SMILES string of the molecule is COCC(N)c1noc(-c2ccc(Br)s2)n1. The smallest absolute Gasteiger partial charge is 0.268 e. The van der Waals surface area contributed by atoms with Gasteiger partial charge >= 0.3 is 0 Å². The van der Waals surface area contributed by atoms with Crippen molar-refractivity contribution in [2.75, 3.05) is 13.7 Å². The van der Waals surface area contributed by atoms with Gasteiger partial charge in [-0.3, -0.25) is 0 Å². The maximum Gasteiger partial charge on any atom is 0.268 e. The Kier molecular flexibility index (Phi) is 3.70. The summed E-state index contributed by atoms with van der Waals surface area (Å²) in [5.41, 5.74) is 5.79. The lowest BCUT2D eigenvalue weighted by atomic mass is 10.3. The zero-order valence-corrected chi connectivity index (χ0v) is 10.9. The van der Waals surface area contributed by atoms with Crippen LogP contribution in [0, 0.1) is 0 Å². The summed E-state index contributed by atoms with van der Waals surface area (Å²) in [6.07, 6.45) is 0. The highest BCUT2D eigenvalue weighted by atomic mass is 79.9. The first kappa shape index (κ1) is 11.7. The quantitative estimate of drug-likeness (QED) is 0.937. The monoisotopic (exact) mass is 303 g/mol. The highest BCUT2D eigenvalue weighted by Crippen LogP contribution is 2.30. The first-order valence-electron chi connectivity index (χ1n) is 4.54. The molecule has 2 heterocycles. The minimum Gasteiger partial charge on any atom is -0.383 e. The van der Waals surface area contributed by atoms with Gasteiger partial charge in [-0.25, -0.2) is 0 Å². The third kappa shape index (κ3) is 2.49. The van der Waals surface area contributed by atoms with Gasteiger partial charge in [-0.2, -0.15) is 4.98 Å². The lowest BCUT2D eigenvalue weighted by molar-refractivity contribution is 0.177. The standard InChI is InChI=1S/C9H10BrN3O2S/c1-14-4-5(11)8-12-9(15-13-8)6-2-3-7(10)16-6/h2-3,5H,4,11H2,1H3. The van der Waals surface area contributed by atoms with E-state index in [9.17, 15) is 0 Å². The van der Waals surface area contributed by atoms with Crippen molar-refractivity contribution in [1.82, 2.24) is 10.1 Å².